The minimum atomic E-state index is 0.233. The van der Waals surface area contributed by atoms with Gasteiger partial charge in [0.15, 0.2) is 0 Å². The molecular formula is C13H23N3O. The molecule has 0 amide bonds. The highest BCUT2D eigenvalue weighted by atomic mass is 16.1. The van der Waals surface area contributed by atoms with E-state index in [1.54, 1.807) is 0 Å². The van der Waals surface area contributed by atoms with Gasteiger partial charge in [-0.15, -0.1) is 0 Å². The van der Waals surface area contributed by atoms with Crippen LogP contribution in [0.3, 0.4) is 0 Å². The van der Waals surface area contributed by atoms with Gasteiger partial charge in [-0.2, -0.15) is 5.10 Å². The van der Waals surface area contributed by atoms with Gasteiger partial charge >= 0.3 is 0 Å². The molecule has 4 heteroatoms. The van der Waals surface area contributed by atoms with Crippen LogP contribution in [0.2, 0.25) is 0 Å². The minimum Gasteiger partial charge on any atom is -0.330 e. The SMILES string of the molecule is CCC(CN)CC(=O)Cc1ccn(C(C)C)n1. The summed E-state index contributed by atoms with van der Waals surface area (Å²) in [6.45, 7) is 6.79. The Labute approximate surface area is 103 Å². The summed E-state index contributed by atoms with van der Waals surface area (Å²) in [6.07, 6.45) is 3.88. The van der Waals surface area contributed by atoms with Crippen LogP contribution in [-0.4, -0.2) is 22.1 Å². The quantitative estimate of drug-likeness (QED) is 0.788. The number of hydrogen-bond donors (Lipinski definition) is 1. The second-order valence-corrected chi connectivity index (χ2v) is 4.81. The fraction of sp³-hybridized carbons (Fsp3) is 0.692. The van der Waals surface area contributed by atoms with Crippen LogP contribution in [0.1, 0.15) is 45.3 Å². The Hall–Kier alpha value is -1.16. The minimum absolute atomic E-state index is 0.233. The average molecular weight is 237 g/mol. The predicted octanol–water partition coefficient (Wildman–Crippen LogP) is 1.95. The van der Waals surface area contributed by atoms with Crippen molar-refractivity contribution >= 4 is 5.78 Å². The van der Waals surface area contributed by atoms with Crippen LogP contribution in [0.4, 0.5) is 0 Å². The molecular weight excluding hydrogens is 214 g/mol. The topological polar surface area (TPSA) is 60.9 Å². The molecule has 0 saturated heterocycles. The molecule has 4 nitrogen and oxygen atoms in total. The van der Waals surface area contributed by atoms with Gasteiger partial charge in [0.2, 0.25) is 0 Å². The first kappa shape index (κ1) is 13.9. The number of carbonyl (C=O) groups excluding carboxylic acids is 1. The monoisotopic (exact) mass is 237 g/mol. The van der Waals surface area contributed by atoms with Crippen molar-refractivity contribution in [3.05, 3.63) is 18.0 Å². The second kappa shape index (κ2) is 6.55. The van der Waals surface area contributed by atoms with Crippen LogP contribution in [0, 0.1) is 5.92 Å². The summed E-state index contributed by atoms with van der Waals surface area (Å²) >= 11 is 0. The van der Waals surface area contributed by atoms with Crippen LogP contribution in [-0.2, 0) is 11.2 Å². The van der Waals surface area contributed by atoms with E-state index < -0.39 is 0 Å². The van der Waals surface area contributed by atoms with E-state index in [0.29, 0.717) is 31.3 Å². The van der Waals surface area contributed by atoms with E-state index in [0.717, 1.165) is 12.1 Å². The van der Waals surface area contributed by atoms with Gasteiger partial charge in [0.25, 0.3) is 0 Å². The highest BCUT2D eigenvalue weighted by Crippen LogP contribution is 2.10. The van der Waals surface area contributed by atoms with Gasteiger partial charge in [-0.1, -0.05) is 13.3 Å². The third kappa shape index (κ3) is 4.30. The number of nitrogens with two attached hydrogens (primary N) is 1. The molecule has 2 N–H and O–H groups in total. The summed E-state index contributed by atoms with van der Waals surface area (Å²) in [6, 6.07) is 2.26. The lowest BCUT2D eigenvalue weighted by Crippen LogP contribution is -2.18. The molecule has 1 heterocycles. The van der Waals surface area contributed by atoms with E-state index in [9.17, 15) is 4.79 Å². The Morgan fingerprint density at radius 2 is 2.24 bits per heavy atom. The van der Waals surface area contributed by atoms with E-state index in [1.807, 2.05) is 16.9 Å². The lowest BCUT2D eigenvalue weighted by atomic mass is 9.98. The lowest BCUT2D eigenvalue weighted by Gasteiger charge is -2.10. The zero-order valence-electron chi connectivity index (χ0n) is 11.0. The molecule has 17 heavy (non-hydrogen) atoms. The summed E-state index contributed by atoms with van der Waals surface area (Å²) in [4.78, 5) is 11.8. The number of aromatic nitrogens is 2. The van der Waals surface area contributed by atoms with Gasteiger partial charge in [-0.05, 0) is 32.4 Å². The van der Waals surface area contributed by atoms with Crippen LogP contribution >= 0.6 is 0 Å². The molecule has 0 aliphatic rings. The third-order valence-electron chi connectivity index (χ3n) is 3.00. The fourth-order valence-electron chi connectivity index (χ4n) is 1.75. The van der Waals surface area contributed by atoms with Gasteiger partial charge in [0.1, 0.15) is 5.78 Å². The number of ketones is 1. The predicted molar refractivity (Wildman–Crippen MR) is 68.8 cm³/mol. The molecule has 0 aliphatic carbocycles. The van der Waals surface area contributed by atoms with Crippen molar-refractivity contribution in [1.29, 1.82) is 0 Å². The molecule has 1 atom stereocenters. The van der Waals surface area contributed by atoms with Gasteiger partial charge in [0.05, 0.1) is 12.1 Å². The largest absolute Gasteiger partial charge is 0.330 e. The molecule has 0 radical (unpaired) electrons. The summed E-state index contributed by atoms with van der Waals surface area (Å²) in [5.41, 5.74) is 6.45. The molecule has 1 aromatic heterocycles. The summed E-state index contributed by atoms with van der Waals surface area (Å²) in [7, 11) is 0. The van der Waals surface area contributed by atoms with E-state index in [-0.39, 0.29) is 5.78 Å². The highest BCUT2D eigenvalue weighted by Gasteiger charge is 2.12. The fourth-order valence-corrected chi connectivity index (χ4v) is 1.75. The number of Topliss-reactive ketones (excluding diaryl/α,β-unsaturated/α-hetero) is 1. The van der Waals surface area contributed by atoms with Crippen molar-refractivity contribution < 1.29 is 4.79 Å². The number of rotatable bonds is 7. The first-order valence-corrected chi connectivity index (χ1v) is 6.32. The summed E-state index contributed by atoms with van der Waals surface area (Å²) in [5, 5.41) is 4.37. The van der Waals surface area contributed by atoms with Crippen molar-refractivity contribution in [1.82, 2.24) is 9.78 Å². The van der Waals surface area contributed by atoms with Gasteiger partial charge in [0, 0.05) is 18.7 Å². The first-order chi connectivity index (χ1) is 8.06. The Kier molecular flexibility index (Phi) is 5.35. The first-order valence-electron chi connectivity index (χ1n) is 6.32. The molecule has 0 saturated carbocycles. The van der Waals surface area contributed by atoms with E-state index >= 15 is 0 Å². The Morgan fingerprint density at radius 3 is 2.71 bits per heavy atom. The standard InChI is InChI=1S/C13H23N3O/c1-4-11(9-14)7-13(17)8-12-5-6-16(15-12)10(2)3/h5-6,10-11H,4,7-9,14H2,1-3H3. The van der Waals surface area contributed by atoms with Crippen LogP contribution in [0.25, 0.3) is 0 Å². The molecule has 1 aromatic rings. The second-order valence-electron chi connectivity index (χ2n) is 4.81. The molecule has 1 unspecified atom stereocenters. The number of carbonyl (C=O) groups is 1. The molecule has 0 aromatic carbocycles. The van der Waals surface area contributed by atoms with Crippen molar-refractivity contribution in [3.63, 3.8) is 0 Å². The van der Waals surface area contributed by atoms with Crippen LogP contribution < -0.4 is 5.73 Å². The highest BCUT2D eigenvalue weighted by molar-refractivity contribution is 5.80. The number of nitrogens with zero attached hydrogens (tertiary/aromatic N) is 2. The third-order valence-corrected chi connectivity index (χ3v) is 3.00. The summed E-state index contributed by atoms with van der Waals surface area (Å²) < 4.78 is 1.88. The smallest absolute Gasteiger partial charge is 0.139 e. The van der Waals surface area contributed by atoms with E-state index in [4.69, 9.17) is 5.73 Å². The van der Waals surface area contributed by atoms with Crippen molar-refractivity contribution in [3.8, 4) is 0 Å². The van der Waals surface area contributed by atoms with Crippen LogP contribution in [0.15, 0.2) is 12.3 Å². The maximum Gasteiger partial charge on any atom is 0.139 e. The maximum atomic E-state index is 11.8. The van der Waals surface area contributed by atoms with Crippen molar-refractivity contribution in [2.45, 2.75) is 46.1 Å². The molecule has 96 valence electrons. The Morgan fingerprint density at radius 1 is 1.53 bits per heavy atom. The molecule has 0 bridgehead atoms. The number of hydrogen-bond acceptors (Lipinski definition) is 3. The van der Waals surface area contributed by atoms with E-state index in [2.05, 4.69) is 25.9 Å². The van der Waals surface area contributed by atoms with Crippen molar-refractivity contribution in [2.24, 2.45) is 11.7 Å². The average Bonchev–Trinajstić information content (AvgIpc) is 2.74. The van der Waals surface area contributed by atoms with Crippen LogP contribution in [0.5, 0.6) is 0 Å². The van der Waals surface area contributed by atoms with Gasteiger partial charge in [-0.25, -0.2) is 0 Å². The zero-order valence-corrected chi connectivity index (χ0v) is 11.0. The molecule has 0 aliphatic heterocycles. The summed E-state index contributed by atoms with van der Waals surface area (Å²) in [5.74, 6) is 0.547. The van der Waals surface area contributed by atoms with E-state index in [1.165, 1.54) is 0 Å². The van der Waals surface area contributed by atoms with Gasteiger partial charge in [-0.3, -0.25) is 9.48 Å². The van der Waals surface area contributed by atoms with Gasteiger partial charge < -0.3 is 5.73 Å². The Bertz CT molecular complexity index is 353. The normalized spacial score (nSPS) is 13.0. The Balaban J connectivity index is 2.50. The molecule has 1 rings (SSSR count). The molecule has 0 fully saturated rings. The molecule has 0 spiro atoms. The lowest BCUT2D eigenvalue weighted by molar-refractivity contribution is -0.119. The van der Waals surface area contributed by atoms with Crippen molar-refractivity contribution in [2.75, 3.05) is 6.54 Å². The maximum absolute atomic E-state index is 11.8. The zero-order chi connectivity index (χ0) is 12.8.